The average molecular weight is 120 g/mol. The molecule has 1 aromatic rings. The lowest BCUT2D eigenvalue weighted by molar-refractivity contribution is 1.96. The van der Waals surface area contributed by atoms with E-state index < -0.39 is 0 Å². The SMILES string of the molecule is Bc1cscc1C#C. The first-order valence-electron chi connectivity index (χ1n) is 2.34. The van der Waals surface area contributed by atoms with Gasteiger partial charge in [0.2, 0.25) is 0 Å². The first-order valence-corrected chi connectivity index (χ1v) is 3.28. The molecule has 0 saturated carbocycles. The Bertz CT molecular complexity index is 219. The molecule has 0 nitrogen and oxygen atoms in total. The fraction of sp³-hybridized carbons (Fsp3) is 0. The summed E-state index contributed by atoms with van der Waals surface area (Å²) in [5.74, 6) is 2.59. The highest BCUT2D eigenvalue weighted by Crippen LogP contribution is 1.98. The van der Waals surface area contributed by atoms with Crippen molar-refractivity contribution in [3.8, 4) is 12.3 Å². The van der Waals surface area contributed by atoms with Gasteiger partial charge in [0.05, 0.1) is 0 Å². The minimum absolute atomic E-state index is 1.02. The van der Waals surface area contributed by atoms with Gasteiger partial charge in [-0.05, 0) is 5.38 Å². The highest BCUT2D eigenvalue weighted by molar-refractivity contribution is 7.09. The monoisotopic (exact) mass is 120 g/mol. The zero-order chi connectivity index (χ0) is 5.98. The first kappa shape index (κ1) is 5.46. The summed E-state index contributed by atoms with van der Waals surface area (Å²) in [6.07, 6.45) is 5.15. The molecule has 38 valence electrons. The van der Waals surface area contributed by atoms with Gasteiger partial charge >= 0.3 is 0 Å². The van der Waals surface area contributed by atoms with E-state index in [-0.39, 0.29) is 0 Å². The van der Waals surface area contributed by atoms with Crippen LogP contribution in [0, 0.1) is 12.3 Å². The summed E-state index contributed by atoms with van der Waals surface area (Å²) in [7, 11) is 2.02. The van der Waals surface area contributed by atoms with Crippen LogP contribution in [0.15, 0.2) is 10.8 Å². The Morgan fingerprint density at radius 2 is 2.38 bits per heavy atom. The molecule has 0 atom stereocenters. The average Bonchev–Trinajstić information content (AvgIpc) is 2.14. The largest absolute Gasteiger partial charge is 0.152 e. The molecular weight excluding hydrogens is 115 g/mol. The Balaban J connectivity index is 3.15. The Labute approximate surface area is 54.0 Å². The lowest BCUT2D eigenvalue weighted by atomic mass is 9.96. The molecule has 0 aliphatic carbocycles. The first-order chi connectivity index (χ1) is 3.84. The fourth-order valence-corrected chi connectivity index (χ4v) is 1.30. The van der Waals surface area contributed by atoms with Gasteiger partial charge in [0, 0.05) is 10.9 Å². The molecule has 0 aliphatic rings. The van der Waals surface area contributed by atoms with E-state index in [0.29, 0.717) is 0 Å². The zero-order valence-electron chi connectivity index (χ0n) is 4.64. The summed E-state index contributed by atoms with van der Waals surface area (Å²) < 4.78 is 0. The standard InChI is InChI=1S/C6H5BS/c1-2-5-3-8-4-6(5)7/h1,3-4H,7H2. The molecular formula is C6H5BS. The molecule has 0 spiro atoms. The fourth-order valence-electron chi connectivity index (χ4n) is 0.508. The molecule has 0 saturated heterocycles. The second-order valence-corrected chi connectivity index (χ2v) is 2.36. The van der Waals surface area contributed by atoms with E-state index in [4.69, 9.17) is 6.42 Å². The maximum Gasteiger partial charge on any atom is 0.142 e. The van der Waals surface area contributed by atoms with Gasteiger partial charge in [-0.3, -0.25) is 0 Å². The molecule has 0 unspecified atom stereocenters. The van der Waals surface area contributed by atoms with Crippen LogP contribution < -0.4 is 5.46 Å². The van der Waals surface area contributed by atoms with Gasteiger partial charge in [0.1, 0.15) is 7.85 Å². The van der Waals surface area contributed by atoms with Gasteiger partial charge in [0.25, 0.3) is 0 Å². The van der Waals surface area contributed by atoms with Crippen molar-refractivity contribution in [3.63, 3.8) is 0 Å². The minimum Gasteiger partial charge on any atom is -0.152 e. The van der Waals surface area contributed by atoms with Crippen LogP contribution in [-0.4, -0.2) is 7.85 Å². The van der Waals surface area contributed by atoms with Crippen LogP contribution >= 0.6 is 11.3 Å². The molecule has 0 aliphatic heterocycles. The number of hydrogen-bond acceptors (Lipinski definition) is 1. The lowest BCUT2D eigenvalue weighted by Gasteiger charge is -1.79. The van der Waals surface area contributed by atoms with Crippen LogP contribution in [0.25, 0.3) is 0 Å². The summed E-state index contributed by atoms with van der Waals surface area (Å²) in [6, 6.07) is 0. The number of terminal acetylenes is 1. The van der Waals surface area contributed by atoms with Crippen molar-refractivity contribution in [1.82, 2.24) is 0 Å². The van der Waals surface area contributed by atoms with Crippen LogP contribution in [-0.2, 0) is 0 Å². The molecule has 0 aromatic carbocycles. The van der Waals surface area contributed by atoms with E-state index in [1.807, 2.05) is 13.2 Å². The van der Waals surface area contributed by atoms with Gasteiger partial charge in [0.15, 0.2) is 0 Å². The second-order valence-electron chi connectivity index (χ2n) is 1.61. The van der Waals surface area contributed by atoms with E-state index >= 15 is 0 Å². The third-order valence-electron chi connectivity index (χ3n) is 1.01. The van der Waals surface area contributed by atoms with Crippen LogP contribution in [0.5, 0.6) is 0 Å². The molecule has 0 amide bonds. The van der Waals surface area contributed by atoms with Crippen molar-refractivity contribution in [3.05, 3.63) is 16.3 Å². The topological polar surface area (TPSA) is 0 Å². The predicted octanol–water partition coefficient (Wildman–Crippen LogP) is -0.0122. The van der Waals surface area contributed by atoms with Crippen molar-refractivity contribution in [2.75, 3.05) is 0 Å². The molecule has 0 N–H and O–H groups in total. The van der Waals surface area contributed by atoms with E-state index in [1.165, 1.54) is 5.46 Å². The molecule has 1 rings (SSSR count). The molecule has 0 bridgehead atoms. The maximum absolute atomic E-state index is 5.15. The van der Waals surface area contributed by atoms with E-state index in [9.17, 15) is 0 Å². The van der Waals surface area contributed by atoms with Gasteiger partial charge in [-0.15, -0.1) is 6.42 Å². The van der Waals surface area contributed by atoms with Gasteiger partial charge < -0.3 is 0 Å². The van der Waals surface area contributed by atoms with Crippen molar-refractivity contribution < 1.29 is 0 Å². The highest BCUT2D eigenvalue weighted by Gasteiger charge is 1.90. The van der Waals surface area contributed by atoms with E-state index in [0.717, 1.165) is 5.56 Å². The summed E-state index contributed by atoms with van der Waals surface area (Å²) in [5, 5.41) is 4.03. The van der Waals surface area contributed by atoms with Crippen LogP contribution in [0.3, 0.4) is 0 Å². The van der Waals surface area contributed by atoms with Crippen molar-refractivity contribution in [2.24, 2.45) is 0 Å². The summed E-state index contributed by atoms with van der Waals surface area (Å²) in [5.41, 5.74) is 2.23. The number of hydrogen-bond donors (Lipinski definition) is 0. The summed E-state index contributed by atoms with van der Waals surface area (Å²) in [6.45, 7) is 0. The second kappa shape index (κ2) is 2.06. The summed E-state index contributed by atoms with van der Waals surface area (Å²) >= 11 is 1.65. The molecule has 1 aromatic heterocycles. The maximum atomic E-state index is 5.15. The Morgan fingerprint density at radius 3 is 2.62 bits per heavy atom. The normalized spacial score (nSPS) is 8.38. The van der Waals surface area contributed by atoms with Crippen molar-refractivity contribution >= 4 is 24.6 Å². The van der Waals surface area contributed by atoms with Gasteiger partial charge in [-0.25, -0.2) is 0 Å². The lowest BCUT2D eigenvalue weighted by Crippen LogP contribution is -2.00. The molecule has 0 radical (unpaired) electrons. The van der Waals surface area contributed by atoms with Crippen LogP contribution in [0.2, 0.25) is 0 Å². The minimum atomic E-state index is 1.02. The third-order valence-corrected chi connectivity index (χ3v) is 1.87. The number of thiophene rings is 1. The quantitative estimate of drug-likeness (QED) is 0.333. The van der Waals surface area contributed by atoms with E-state index in [2.05, 4.69) is 11.3 Å². The van der Waals surface area contributed by atoms with Crippen LogP contribution in [0.1, 0.15) is 5.56 Å². The smallest absolute Gasteiger partial charge is 0.142 e. The molecule has 8 heavy (non-hydrogen) atoms. The molecule has 2 heteroatoms. The third kappa shape index (κ3) is 0.777. The van der Waals surface area contributed by atoms with E-state index in [1.54, 1.807) is 11.3 Å². The van der Waals surface area contributed by atoms with Gasteiger partial charge in [-0.1, -0.05) is 11.4 Å². The Morgan fingerprint density at radius 1 is 1.62 bits per heavy atom. The zero-order valence-corrected chi connectivity index (χ0v) is 5.46. The van der Waals surface area contributed by atoms with Crippen molar-refractivity contribution in [2.45, 2.75) is 0 Å². The van der Waals surface area contributed by atoms with Crippen LogP contribution in [0.4, 0.5) is 0 Å². The Hall–Kier alpha value is -0.675. The molecule has 1 heterocycles. The predicted molar refractivity (Wildman–Crippen MR) is 40.4 cm³/mol. The number of rotatable bonds is 0. The molecule has 0 fully saturated rings. The van der Waals surface area contributed by atoms with Crippen molar-refractivity contribution in [1.29, 1.82) is 0 Å². The highest BCUT2D eigenvalue weighted by atomic mass is 32.1. The summed E-state index contributed by atoms with van der Waals surface area (Å²) in [4.78, 5) is 0. The van der Waals surface area contributed by atoms with Gasteiger partial charge in [-0.2, -0.15) is 11.3 Å². The Kier molecular flexibility index (Phi) is 1.41.